The highest BCUT2D eigenvalue weighted by Gasteiger charge is 2.07. The predicted molar refractivity (Wildman–Crippen MR) is 86.8 cm³/mol. The molecule has 0 fully saturated rings. The Balaban J connectivity index is 1.64. The molecular weight excluding hydrogens is 294 g/mol. The van der Waals surface area contributed by atoms with Crippen molar-refractivity contribution in [2.45, 2.75) is 9.92 Å². The normalized spacial score (nSPS) is 11.1. The monoisotopic (exact) mass is 307 g/mol. The van der Waals surface area contributed by atoms with Crippen LogP contribution >= 0.6 is 11.8 Å². The van der Waals surface area contributed by atoms with Crippen LogP contribution in [0.15, 0.2) is 75.5 Å². The highest BCUT2D eigenvalue weighted by molar-refractivity contribution is 7.99. The van der Waals surface area contributed by atoms with Crippen LogP contribution in [0.1, 0.15) is 0 Å². The molecule has 3 heterocycles. The first kappa shape index (κ1) is 13.2. The Morgan fingerprint density at radius 1 is 1.00 bits per heavy atom. The summed E-state index contributed by atoms with van der Waals surface area (Å²) < 4.78 is 7.29. The standard InChI is InChI=1S/C17H13N3OS/c1-20-15(6-10-19-20)12-2-4-13(5-3-12)22-17-14-8-11-21-16(14)7-9-18-17/h2-11H,1H3. The van der Waals surface area contributed by atoms with Crippen molar-refractivity contribution in [1.82, 2.24) is 14.8 Å². The zero-order valence-corrected chi connectivity index (χ0v) is 12.7. The maximum Gasteiger partial charge on any atom is 0.138 e. The highest BCUT2D eigenvalue weighted by atomic mass is 32.2. The molecule has 108 valence electrons. The lowest BCUT2D eigenvalue weighted by molar-refractivity contribution is 0.615. The lowest BCUT2D eigenvalue weighted by Crippen LogP contribution is -1.92. The highest BCUT2D eigenvalue weighted by Crippen LogP contribution is 2.33. The molecule has 0 N–H and O–H groups in total. The summed E-state index contributed by atoms with van der Waals surface area (Å²) in [6.45, 7) is 0. The van der Waals surface area contributed by atoms with Gasteiger partial charge in [-0.2, -0.15) is 5.10 Å². The van der Waals surface area contributed by atoms with E-state index >= 15 is 0 Å². The summed E-state index contributed by atoms with van der Waals surface area (Å²) in [7, 11) is 1.95. The summed E-state index contributed by atoms with van der Waals surface area (Å²) in [6, 6.07) is 14.3. The van der Waals surface area contributed by atoms with Gasteiger partial charge < -0.3 is 4.42 Å². The zero-order chi connectivity index (χ0) is 14.9. The van der Waals surface area contributed by atoms with Crippen LogP contribution in [0.25, 0.3) is 22.2 Å². The molecule has 0 unspecified atom stereocenters. The van der Waals surface area contributed by atoms with E-state index < -0.39 is 0 Å². The molecule has 3 aromatic heterocycles. The molecule has 0 spiro atoms. The van der Waals surface area contributed by atoms with Crippen molar-refractivity contribution in [3.05, 3.63) is 61.1 Å². The van der Waals surface area contributed by atoms with Crippen LogP contribution in [0.5, 0.6) is 0 Å². The minimum Gasteiger partial charge on any atom is -0.464 e. The number of pyridine rings is 1. The molecule has 0 saturated carbocycles. The van der Waals surface area contributed by atoms with Crippen molar-refractivity contribution in [2.24, 2.45) is 7.05 Å². The number of rotatable bonds is 3. The Labute approximate surface area is 131 Å². The molecule has 0 amide bonds. The zero-order valence-electron chi connectivity index (χ0n) is 11.9. The molecule has 0 aliphatic rings. The molecule has 22 heavy (non-hydrogen) atoms. The fraction of sp³-hybridized carbons (Fsp3) is 0.0588. The molecule has 0 aliphatic heterocycles. The number of hydrogen-bond donors (Lipinski definition) is 0. The van der Waals surface area contributed by atoms with Gasteiger partial charge in [0.15, 0.2) is 0 Å². The maximum absolute atomic E-state index is 5.41. The van der Waals surface area contributed by atoms with E-state index in [0.29, 0.717) is 0 Å². The van der Waals surface area contributed by atoms with E-state index in [9.17, 15) is 0 Å². The van der Waals surface area contributed by atoms with Gasteiger partial charge in [-0.1, -0.05) is 23.9 Å². The summed E-state index contributed by atoms with van der Waals surface area (Å²) in [5.41, 5.74) is 3.12. The van der Waals surface area contributed by atoms with Crippen molar-refractivity contribution in [1.29, 1.82) is 0 Å². The SMILES string of the molecule is Cn1nccc1-c1ccc(Sc2nccc3occc23)cc1. The summed E-state index contributed by atoms with van der Waals surface area (Å²) in [6.07, 6.45) is 5.28. The van der Waals surface area contributed by atoms with Crippen LogP contribution in [-0.4, -0.2) is 14.8 Å². The molecule has 0 radical (unpaired) electrons. The topological polar surface area (TPSA) is 43.9 Å². The molecule has 0 bridgehead atoms. The van der Waals surface area contributed by atoms with Crippen molar-refractivity contribution in [3.8, 4) is 11.3 Å². The average molecular weight is 307 g/mol. The molecule has 0 aliphatic carbocycles. The first-order valence-corrected chi connectivity index (χ1v) is 7.71. The van der Waals surface area contributed by atoms with Gasteiger partial charge >= 0.3 is 0 Å². The molecule has 5 heteroatoms. The van der Waals surface area contributed by atoms with Crippen LogP contribution in [0.3, 0.4) is 0 Å². The van der Waals surface area contributed by atoms with Gasteiger partial charge in [-0.25, -0.2) is 4.98 Å². The van der Waals surface area contributed by atoms with Gasteiger partial charge in [0, 0.05) is 24.3 Å². The Morgan fingerprint density at radius 2 is 1.86 bits per heavy atom. The molecule has 0 saturated heterocycles. The number of fused-ring (bicyclic) bond motifs is 1. The minimum absolute atomic E-state index is 0.865. The number of aromatic nitrogens is 3. The van der Waals surface area contributed by atoms with Crippen LogP contribution in [0.2, 0.25) is 0 Å². The summed E-state index contributed by atoms with van der Waals surface area (Å²) in [4.78, 5) is 5.60. The minimum atomic E-state index is 0.865. The lowest BCUT2D eigenvalue weighted by Gasteiger charge is -2.05. The Morgan fingerprint density at radius 3 is 2.64 bits per heavy atom. The van der Waals surface area contributed by atoms with E-state index in [1.54, 1.807) is 24.2 Å². The third kappa shape index (κ3) is 2.29. The van der Waals surface area contributed by atoms with Crippen molar-refractivity contribution >= 4 is 22.7 Å². The van der Waals surface area contributed by atoms with Crippen LogP contribution in [0.4, 0.5) is 0 Å². The van der Waals surface area contributed by atoms with E-state index in [4.69, 9.17) is 4.42 Å². The van der Waals surface area contributed by atoms with Gasteiger partial charge in [0.2, 0.25) is 0 Å². The first-order valence-electron chi connectivity index (χ1n) is 6.90. The van der Waals surface area contributed by atoms with E-state index in [-0.39, 0.29) is 0 Å². The number of hydrogen-bond acceptors (Lipinski definition) is 4. The summed E-state index contributed by atoms with van der Waals surface area (Å²) in [5, 5.41) is 6.20. The van der Waals surface area contributed by atoms with Gasteiger partial charge in [0.25, 0.3) is 0 Å². The second kappa shape index (κ2) is 5.35. The van der Waals surface area contributed by atoms with Crippen LogP contribution < -0.4 is 0 Å². The van der Waals surface area contributed by atoms with Crippen LogP contribution in [-0.2, 0) is 7.05 Å². The van der Waals surface area contributed by atoms with Crippen molar-refractivity contribution in [3.63, 3.8) is 0 Å². The van der Waals surface area contributed by atoms with Gasteiger partial charge in [0.05, 0.1) is 17.3 Å². The maximum atomic E-state index is 5.41. The van der Waals surface area contributed by atoms with Gasteiger partial charge in [-0.15, -0.1) is 0 Å². The molecule has 4 nitrogen and oxygen atoms in total. The second-order valence-electron chi connectivity index (χ2n) is 4.92. The van der Waals surface area contributed by atoms with Gasteiger partial charge in [0.1, 0.15) is 10.6 Å². The quantitative estimate of drug-likeness (QED) is 0.563. The fourth-order valence-electron chi connectivity index (χ4n) is 2.41. The Hall–Kier alpha value is -2.53. The number of aryl methyl sites for hydroxylation is 1. The van der Waals surface area contributed by atoms with Crippen molar-refractivity contribution < 1.29 is 4.42 Å². The molecule has 1 aromatic carbocycles. The second-order valence-corrected chi connectivity index (χ2v) is 5.98. The molecule has 4 rings (SSSR count). The van der Waals surface area contributed by atoms with Crippen LogP contribution in [0, 0.1) is 0 Å². The van der Waals surface area contributed by atoms with Crippen molar-refractivity contribution in [2.75, 3.05) is 0 Å². The fourth-order valence-corrected chi connectivity index (χ4v) is 3.30. The number of nitrogens with zero attached hydrogens (tertiary/aromatic N) is 3. The Bertz CT molecular complexity index is 924. The Kier molecular flexibility index (Phi) is 3.20. The third-order valence-corrected chi connectivity index (χ3v) is 4.56. The van der Waals surface area contributed by atoms with Gasteiger partial charge in [-0.05, 0) is 35.9 Å². The molecular formula is C17H13N3OS. The predicted octanol–water partition coefficient (Wildman–Crippen LogP) is 4.38. The number of furan rings is 1. The molecule has 0 atom stereocenters. The largest absolute Gasteiger partial charge is 0.464 e. The smallest absolute Gasteiger partial charge is 0.138 e. The lowest BCUT2D eigenvalue weighted by atomic mass is 10.1. The average Bonchev–Trinajstić information content (AvgIpc) is 3.17. The number of benzene rings is 1. The van der Waals surface area contributed by atoms with E-state index in [0.717, 1.165) is 32.1 Å². The third-order valence-electron chi connectivity index (χ3n) is 3.53. The summed E-state index contributed by atoms with van der Waals surface area (Å²) in [5.74, 6) is 0. The van der Waals surface area contributed by atoms with E-state index in [1.165, 1.54) is 0 Å². The molecule has 4 aromatic rings. The first-order chi connectivity index (χ1) is 10.8. The van der Waals surface area contributed by atoms with Gasteiger partial charge in [-0.3, -0.25) is 4.68 Å². The van der Waals surface area contributed by atoms with E-state index in [1.807, 2.05) is 36.1 Å². The van der Waals surface area contributed by atoms with E-state index in [2.05, 4.69) is 34.3 Å². The summed E-state index contributed by atoms with van der Waals surface area (Å²) >= 11 is 1.64.